The van der Waals surface area contributed by atoms with Crippen LogP contribution in [0.25, 0.3) is 0 Å². The molecule has 0 bridgehead atoms. The third-order valence-corrected chi connectivity index (χ3v) is 4.02. The molecule has 0 aliphatic carbocycles. The number of unbranched alkanes of at least 4 members (excludes halogenated alkanes) is 3. The highest BCUT2D eigenvalue weighted by molar-refractivity contribution is 5.85. The lowest BCUT2D eigenvalue weighted by molar-refractivity contribution is 0.0678. The molecule has 0 aromatic carbocycles. The molecule has 2 aromatic rings. The van der Waals surface area contributed by atoms with Gasteiger partial charge in [-0.25, -0.2) is 19.2 Å². The second-order valence-electron chi connectivity index (χ2n) is 5.98. The Balaban J connectivity index is 1.87. The Bertz CT molecular complexity index is 969. The van der Waals surface area contributed by atoms with E-state index in [0.717, 1.165) is 21.3 Å². The van der Waals surface area contributed by atoms with E-state index < -0.39 is 45.8 Å². The quantitative estimate of drug-likeness (QED) is 0.392. The number of hydrogen-bond donors (Lipinski definition) is 4. The molecule has 0 amide bonds. The fourth-order valence-electron chi connectivity index (χ4n) is 2.59. The number of hydrogen-bond acceptors (Lipinski definition) is 6. The highest BCUT2D eigenvalue weighted by Crippen LogP contribution is 2.01. The van der Waals surface area contributed by atoms with E-state index in [2.05, 4.69) is 9.97 Å². The molecule has 12 heteroatoms. The summed E-state index contributed by atoms with van der Waals surface area (Å²) in [6, 6.07) is 1.67. The van der Waals surface area contributed by atoms with Gasteiger partial charge in [-0.15, -0.1) is 0 Å². The Morgan fingerprint density at radius 1 is 0.714 bits per heavy atom. The van der Waals surface area contributed by atoms with Crippen LogP contribution >= 0.6 is 0 Å². The summed E-state index contributed by atoms with van der Waals surface area (Å²) in [6.07, 6.45) is 2.09. The van der Waals surface area contributed by atoms with E-state index in [0.29, 0.717) is 25.7 Å². The maximum atomic E-state index is 11.8. The lowest BCUT2D eigenvalue weighted by Gasteiger charge is -2.06. The summed E-state index contributed by atoms with van der Waals surface area (Å²) in [7, 11) is 0. The Hall–Kier alpha value is -3.70. The van der Waals surface area contributed by atoms with Crippen LogP contribution in [0.1, 0.15) is 46.7 Å². The highest BCUT2D eigenvalue weighted by Gasteiger charge is 2.10. The zero-order valence-corrected chi connectivity index (χ0v) is 14.6. The topological polar surface area (TPSA) is 184 Å². The molecule has 0 saturated heterocycles. The molecule has 150 valence electrons. The van der Waals surface area contributed by atoms with Crippen LogP contribution < -0.4 is 22.5 Å². The van der Waals surface area contributed by atoms with Crippen molar-refractivity contribution in [1.29, 1.82) is 0 Å². The second kappa shape index (κ2) is 8.79. The first kappa shape index (κ1) is 20.6. The molecule has 0 radical (unpaired) electrons. The van der Waals surface area contributed by atoms with E-state index in [-0.39, 0.29) is 13.1 Å². The van der Waals surface area contributed by atoms with E-state index in [9.17, 15) is 28.8 Å². The average molecular weight is 394 g/mol. The molecular formula is C16H18N4O8. The first-order valence-electron chi connectivity index (χ1n) is 8.35. The Morgan fingerprint density at radius 2 is 1.07 bits per heavy atom. The molecule has 0 aliphatic rings. The van der Waals surface area contributed by atoms with Crippen LogP contribution in [0.15, 0.2) is 31.3 Å². The molecular weight excluding hydrogens is 376 g/mol. The zero-order valence-electron chi connectivity index (χ0n) is 14.6. The molecule has 0 atom stereocenters. The van der Waals surface area contributed by atoms with E-state index >= 15 is 0 Å². The van der Waals surface area contributed by atoms with Gasteiger partial charge in [0, 0.05) is 25.2 Å². The van der Waals surface area contributed by atoms with Crippen molar-refractivity contribution in [2.75, 3.05) is 0 Å². The van der Waals surface area contributed by atoms with Crippen molar-refractivity contribution in [1.82, 2.24) is 19.1 Å². The molecule has 2 heterocycles. The molecule has 0 spiro atoms. The molecule has 2 aromatic heterocycles. The van der Waals surface area contributed by atoms with E-state index in [1.165, 1.54) is 0 Å². The van der Waals surface area contributed by atoms with Crippen molar-refractivity contribution >= 4 is 11.9 Å². The molecule has 2 rings (SSSR count). The van der Waals surface area contributed by atoms with Crippen molar-refractivity contribution in [3.63, 3.8) is 0 Å². The molecule has 0 aliphatic heterocycles. The summed E-state index contributed by atoms with van der Waals surface area (Å²) in [6.45, 7) is 0.198. The largest absolute Gasteiger partial charge is 0.477 e. The minimum absolute atomic E-state index is 0.0991. The van der Waals surface area contributed by atoms with Crippen molar-refractivity contribution in [3.05, 3.63) is 65.2 Å². The molecule has 0 saturated carbocycles. The Morgan fingerprint density at radius 3 is 1.36 bits per heavy atom. The number of aromatic carboxylic acids is 2. The number of nitrogens with one attached hydrogen (secondary N) is 2. The Kier molecular flexibility index (Phi) is 6.47. The molecule has 4 N–H and O–H groups in total. The standard InChI is InChI=1S/C16H18N4O8/c21-11-7-9(13(23)24)17-15(27)19(11)5-3-1-2-4-6-20-12(22)8-10(14(25)26)18-16(20)28/h7-8H,1-6H2,(H,17,27)(H,18,28)(H,23,24)(H,25,26). The number of nitrogens with zero attached hydrogens (tertiary/aromatic N) is 2. The van der Waals surface area contributed by atoms with Crippen LogP contribution in [0.4, 0.5) is 0 Å². The van der Waals surface area contributed by atoms with E-state index in [1.807, 2.05) is 0 Å². The van der Waals surface area contributed by atoms with Gasteiger partial charge in [-0.2, -0.15) is 0 Å². The van der Waals surface area contributed by atoms with Crippen molar-refractivity contribution in [2.24, 2.45) is 0 Å². The number of carboxylic acids is 2. The summed E-state index contributed by atoms with van der Waals surface area (Å²) in [5, 5.41) is 17.6. The third kappa shape index (κ3) is 4.93. The number of aromatic amines is 2. The van der Waals surface area contributed by atoms with Gasteiger partial charge < -0.3 is 20.2 Å². The average Bonchev–Trinajstić information content (AvgIpc) is 2.61. The van der Waals surface area contributed by atoms with Gasteiger partial charge in [0.05, 0.1) is 0 Å². The SMILES string of the molecule is O=C(O)c1cc(=O)n(CCCCCCn2c(=O)cc(C(=O)O)[nH]c2=O)c(=O)[nH]1. The van der Waals surface area contributed by atoms with Gasteiger partial charge in [0.15, 0.2) is 0 Å². The normalized spacial score (nSPS) is 10.7. The van der Waals surface area contributed by atoms with Crippen LogP contribution in [0.3, 0.4) is 0 Å². The number of rotatable bonds is 9. The number of H-pyrrole nitrogens is 2. The van der Waals surface area contributed by atoms with Gasteiger partial charge in [0.25, 0.3) is 11.1 Å². The lowest BCUT2D eigenvalue weighted by Crippen LogP contribution is -2.36. The summed E-state index contributed by atoms with van der Waals surface area (Å²) in [4.78, 5) is 72.8. The van der Waals surface area contributed by atoms with Crippen LogP contribution in [0.2, 0.25) is 0 Å². The number of aromatic nitrogens is 4. The first-order valence-corrected chi connectivity index (χ1v) is 8.35. The smallest absolute Gasteiger partial charge is 0.352 e. The summed E-state index contributed by atoms with van der Waals surface area (Å²) in [5.74, 6) is -2.80. The maximum absolute atomic E-state index is 11.8. The third-order valence-electron chi connectivity index (χ3n) is 4.02. The van der Waals surface area contributed by atoms with Gasteiger partial charge in [0.2, 0.25) is 0 Å². The summed E-state index contributed by atoms with van der Waals surface area (Å²) < 4.78 is 1.79. The minimum atomic E-state index is -1.40. The van der Waals surface area contributed by atoms with E-state index in [4.69, 9.17) is 10.2 Å². The van der Waals surface area contributed by atoms with Gasteiger partial charge in [0.1, 0.15) is 11.4 Å². The summed E-state index contributed by atoms with van der Waals surface area (Å²) >= 11 is 0. The van der Waals surface area contributed by atoms with Crippen LogP contribution in [0.5, 0.6) is 0 Å². The van der Waals surface area contributed by atoms with Crippen LogP contribution in [0, 0.1) is 0 Å². The molecule has 28 heavy (non-hydrogen) atoms. The monoisotopic (exact) mass is 394 g/mol. The molecule has 0 unspecified atom stereocenters. The van der Waals surface area contributed by atoms with Crippen molar-refractivity contribution in [3.8, 4) is 0 Å². The molecule has 12 nitrogen and oxygen atoms in total. The molecule has 0 fully saturated rings. The maximum Gasteiger partial charge on any atom is 0.352 e. The zero-order chi connectivity index (χ0) is 20.8. The predicted molar refractivity (Wildman–Crippen MR) is 95.0 cm³/mol. The van der Waals surface area contributed by atoms with Crippen molar-refractivity contribution < 1.29 is 19.8 Å². The predicted octanol–water partition coefficient (Wildman–Crippen LogP) is -0.956. The highest BCUT2D eigenvalue weighted by atomic mass is 16.4. The van der Waals surface area contributed by atoms with Gasteiger partial charge in [-0.3, -0.25) is 18.7 Å². The van der Waals surface area contributed by atoms with Gasteiger partial charge in [-0.1, -0.05) is 12.8 Å². The second-order valence-corrected chi connectivity index (χ2v) is 5.98. The van der Waals surface area contributed by atoms with Gasteiger partial charge >= 0.3 is 23.3 Å². The summed E-state index contributed by atoms with van der Waals surface area (Å²) in [5.41, 5.74) is -3.98. The first-order chi connectivity index (χ1) is 13.2. The lowest BCUT2D eigenvalue weighted by atomic mass is 10.2. The fourth-order valence-corrected chi connectivity index (χ4v) is 2.59. The van der Waals surface area contributed by atoms with E-state index in [1.54, 1.807) is 0 Å². The van der Waals surface area contributed by atoms with Gasteiger partial charge in [-0.05, 0) is 12.8 Å². The Labute approximate surface area is 155 Å². The van der Waals surface area contributed by atoms with Crippen LogP contribution in [-0.2, 0) is 13.1 Å². The number of carboxylic acid groups (broad SMARTS) is 2. The fraction of sp³-hybridized carbons (Fsp3) is 0.375. The van der Waals surface area contributed by atoms with Crippen molar-refractivity contribution in [2.45, 2.75) is 38.8 Å². The number of carbonyl (C=O) groups is 2. The minimum Gasteiger partial charge on any atom is -0.477 e. The van der Waals surface area contributed by atoms with Crippen LogP contribution in [-0.4, -0.2) is 41.3 Å².